The number of methoxy groups -OCH3 is 1. The zero-order chi connectivity index (χ0) is 14.7. The molecule has 0 saturated carbocycles. The summed E-state index contributed by atoms with van der Waals surface area (Å²) in [5.41, 5.74) is 0.154. The first-order valence-electron chi connectivity index (χ1n) is 5.61. The van der Waals surface area contributed by atoms with Gasteiger partial charge >= 0.3 is 0 Å². The van der Waals surface area contributed by atoms with E-state index >= 15 is 0 Å². The van der Waals surface area contributed by atoms with Crippen LogP contribution >= 0.6 is 15.9 Å². The third kappa shape index (κ3) is 3.14. The molecule has 1 amide bonds. The molecule has 2 rings (SSSR count). The Hall–Kier alpha value is -1.95. The van der Waals surface area contributed by atoms with Gasteiger partial charge in [0.05, 0.1) is 18.4 Å². The highest BCUT2D eigenvalue weighted by Gasteiger charge is 2.14. The van der Waals surface area contributed by atoms with Gasteiger partial charge in [0.2, 0.25) is 0 Å². The Balaban J connectivity index is 2.28. The summed E-state index contributed by atoms with van der Waals surface area (Å²) < 4.78 is 32.1. The minimum absolute atomic E-state index is 0.0960. The van der Waals surface area contributed by atoms with E-state index in [1.54, 1.807) is 18.2 Å². The molecule has 0 spiro atoms. The van der Waals surface area contributed by atoms with Gasteiger partial charge in [-0.3, -0.25) is 4.79 Å². The maximum atomic E-state index is 13.5. The summed E-state index contributed by atoms with van der Waals surface area (Å²) in [5, 5.41) is 2.37. The molecule has 2 aromatic rings. The lowest BCUT2D eigenvalue weighted by Gasteiger charge is -2.10. The molecule has 20 heavy (non-hydrogen) atoms. The number of carbonyl (C=O) groups excluding carboxylic acids is 1. The van der Waals surface area contributed by atoms with E-state index < -0.39 is 17.5 Å². The van der Waals surface area contributed by atoms with E-state index in [1.165, 1.54) is 7.11 Å². The van der Waals surface area contributed by atoms with Crippen molar-refractivity contribution in [3.8, 4) is 5.75 Å². The predicted molar refractivity (Wildman–Crippen MR) is 75.0 cm³/mol. The van der Waals surface area contributed by atoms with Crippen molar-refractivity contribution in [2.75, 3.05) is 12.4 Å². The van der Waals surface area contributed by atoms with E-state index in [-0.39, 0.29) is 11.3 Å². The monoisotopic (exact) mass is 341 g/mol. The largest absolute Gasteiger partial charge is 0.496 e. The fraction of sp³-hybridized carbons (Fsp3) is 0.0714. The minimum Gasteiger partial charge on any atom is -0.496 e. The summed E-state index contributed by atoms with van der Waals surface area (Å²) in [6.45, 7) is 0. The van der Waals surface area contributed by atoms with Crippen molar-refractivity contribution >= 4 is 27.5 Å². The highest BCUT2D eigenvalue weighted by atomic mass is 79.9. The van der Waals surface area contributed by atoms with E-state index in [2.05, 4.69) is 21.2 Å². The van der Waals surface area contributed by atoms with Crippen molar-refractivity contribution in [3.63, 3.8) is 0 Å². The van der Waals surface area contributed by atoms with Crippen molar-refractivity contribution < 1.29 is 18.3 Å². The quantitative estimate of drug-likeness (QED) is 0.916. The SMILES string of the molecule is COc1cc(Br)ccc1C(=O)Nc1ccc(F)cc1F. The molecular weight excluding hydrogens is 332 g/mol. The smallest absolute Gasteiger partial charge is 0.259 e. The second kappa shape index (κ2) is 6.00. The number of anilines is 1. The van der Waals surface area contributed by atoms with Crippen LogP contribution in [0.2, 0.25) is 0 Å². The zero-order valence-corrected chi connectivity index (χ0v) is 12.0. The Kier molecular flexibility index (Phi) is 4.34. The first-order valence-corrected chi connectivity index (χ1v) is 6.40. The molecule has 0 aromatic heterocycles. The Labute approximate surface area is 122 Å². The lowest BCUT2D eigenvalue weighted by Crippen LogP contribution is -2.14. The fourth-order valence-corrected chi connectivity index (χ4v) is 1.97. The molecule has 6 heteroatoms. The maximum Gasteiger partial charge on any atom is 0.259 e. The molecule has 0 aliphatic rings. The van der Waals surface area contributed by atoms with Crippen molar-refractivity contribution in [2.45, 2.75) is 0 Å². The number of rotatable bonds is 3. The van der Waals surface area contributed by atoms with E-state index in [0.29, 0.717) is 11.8 Å². The number of hydrogen-bond donors (Lipinski definition) is 1. The number of ether oxygens (including phenoxy) is 1. The number of carbonyl (C=O) groups is 1. The van der Waals surface area contributed by atoms with Crippen molar-refractivity contribution in [1.82, 2.24) is 0 Å². The molecule has 3 nitrogen and oxygen atoms in total. The predicted octanol–water partition coefficient (Wildman–Crippen LogP) is 3.99. The summed E-state index contributed by atoms with van der Waals surface area (Å²) in [4.78, 5) is 12.1. The summed E-state index contributed by atoms with van der Waals surface area (Å²) in [5.74, 6) is -1.74. The van der Waals surface area contributed by atoms with Gasteiger partial charge in [0, 0.05) is 10.5 Å². The van der Waals surface area contributed by atoms with Gasteiger partial charge in [-0.2, -0.15) is 0 Å². The van der Waals surface area contributed by atoms with Gasteiger partial charge in [0.1, 0.15) is 17.4 Å². The first kappa shape index (κ1) is 14.5. The maximum absolute atomic E-state index is 13.5. The van der Waals surface area contributed by atoms with Crippen LogP contribution in [0.15, 0.2) is 40.9 Å². The molecule has 0 unspecified atom stereocenters. The van der Waals surface area contributed by atoms with Crippen LogP contribution in [0.1, 0.15) is 10.4 Å². The molecule has 0 aliphatic carbocycles. The molecule has 0 saturated heterocycles. The molecule has 0 heterocycles. The van der Waals surface area contributed by atoms with Gasteiger partial charge in [-0.15, -0.1) is 0 Å². The average molecular weight is 342 g/mol. The summed E-state index contributed by atoms with van der Waals surface area (Å²) in [6.07, 6.45) is 0. The van der Waals surface area contributed by atoms with Crippen LogP contribution in [0.5, 0.6) is 5.75 Å². The first-order chi connectivity index (χ1) is 9.51. The van der Waals surface area contributed by atoms with Crippen LogP contribution in [-0.4, -0.2) is 13.0 Å². The molecule has 2 aromatic carbocycles. The molecule has 0 aliphatic heterocycles. The number of benzene rings is 2. The van der Waals surface area contributed by atoms with Crippen molar-refractivity contribution in [3.05, 3.63) is 58.1 Å². The lowest BCUT2D eigenvalue weighted by atomic mass is 10.2. The second-order valence-corrected chi connectivity index (χ2v) is 4.84. The van der Waals surface area contributed by atoms with E-state index in [9.17, 15) is 13.6 Å². The minimum atomic E-state index is -0.838. The summed E-state index contributed by atoms with van der Waals surface area (Å²) in [7, 11) is 1.43. The Morgan fingerprint density at radius 2 is 1.95 bits per heavy atom. The third-order valence-electron chi connectivity index (χ3n) is 2.59. The van der Waals surface area contributed by atoms with Crippen molar-refractivity contribution in [1.29, 1.82) is 0 Å². The molecule has 104 valence electrons. The highest BCUT2D eigenvalue weighted by Crippen LogP contribution is 2.25. The van der Waals surface area contributed by atoms with Gasteiger partial charge in [-0.25, -0.2) is 8.78 Å². The Morgan fingerprint density at radius 3 is 2.60 bits per heavy atom. The summed E-state index contributed by atoms with van der Waals surface area (Å²) in [6, 6.07) is 7.76. The van der Waals surface area contributed by atoms with E-state index in [0.717, 1.165) is 16.6 Å². The van der Waals surface area contributed by atoms with Gasteiger partial charge < -0.3 is 10.1 Å². The molecule has 0 radical (unpaired) electrons. The lowest BCUT2D eigenvalue weighted by molar-refractivity contribution is 0.102. The fourth-order valence-electron chi connectivity index (χ4n) is 1.63. The van der Waals surface area contributed by atoms with Crippen LogP contribution in [-0.2, 0) is 0 Å². The molecule has 0 bridgehead atoms. The second-order valence-electron chi connectivity index (χ2n) is 3.92. The number of halogens is 3. The normalized spacial score (nSPS) is 10.2. The van der Waals surface area contributed by atoms with Crippen LogP contribution in [0.4, 0.5) is 14.5 Å². The van der Waals surface area contributed by atoms with Gasteiger partial charge in [0.25, 0.3) is 5.91 Å². The summed E-state index contributed by atoms with van der Waals surface area (Å²) >= 11 is 3.26. The van der Waals surface area contributed by atoms with Crippen molar-refractivity contribution in [2.24, 2.45) is 0 Å². The van der Waals surface area contributed by atoms with E-state index in [1.807, 2.05) is 0 Å². The van der Waals surface area contributed by atoms with Crippen LogP contribution in [0, 0.1) is 11.6 Å². The average Bonchev–Trinajstić information content (AvgIpc) is 2.41. The standard InChI is InChI=1S/C14H10BrF2NO2/c1-20-13-6-8(15)2-4-10(13)14(19)18-12-5-3-9(16)7-11(12)17/h2-7H,1H3,(H,18,19). The Morgan fingerprint density at radius 1 is 1.20 bits per heavy atom. The molecule has 0 atom stereocenters. The highest BCUT2D eigenvalue weighted by molar-refractivity contribution is 9.10. The molecule has 1 N–H and O–H groups in total. The number of amides is 1. The third-order valence-corrected chi connectivity index (χ3v) is 3.08. The number of nitrogens with one attached hydrogen (secondary N) is 1. The molecular formula is C14H10BrF2NO2. The topological polar surface area (TPSA) is 38.3 Å². The Bertz CT molecular complexity index is 662. The van der Waals surface area contributed by atoms with Gasteiger partial charge in [0.15, 0.2) is 0 Å². The van der Waals surface area contributed by atoms with Crippen LogP contribution in [0.3, 0.4) is 0 Å². The van der Waals surface area contributed by atoms with Gasteiger partial charge in [-0.05, 0) is 30.3 Å². The van der Waals surface area contributed by atoms with E-state index in [4.69, 9.17) is 4.74 Å². The van der Waals surface area contributed by atoms with Gasteiger partial charge in [-0.1, -0.05) is 15.9 Å². The van der Waals surface area contributed by atoms with Crippen LogP contribution < -0.4 is 10.1 Å². The number of hydrogen-bond acceptors (Lipinski definition) is 2. The van der Waals surface area contributed by atoms with Crippen LogP contribution in [0.25, 0.3) is 0 Å². The zero-order valence-electron chi connectivity index (χ0n) is 10.4. The molecule has 0 fully saturated rings.